The predicted octanol–water partition coefficient (Wildman–Crippen LogP) is 3.36. The first-order valence-corrected chi connectivity index (χ1v) is 6.99. The van der Waals surface area contributed by atoms with Crippen molar-refractivity contribution in [2.75, 3.05) is 19.6 Å². The van der Waals surface area contributed by atoms with Crippen molar-refractivity contribution in [3.63, 3.8) is 0 Å². The molecule has 0 aromatic heterocycles. The van der Waals surface area contributed by atoms with Gasteiger partial charge in [-0.1, -0.05) is 23.6 Å². The lowest BCUT2D eigenvalue weighted by atomic mass is 10.0. The fourth-order valence-electron chi connectivity index (χ4n) is 2.72. The molecule has 2 rings (SSSR count). The van der Waals surface area contributed by atoms with Gasteiger partial charge >= 0.3 is 0 Å². The van der Waals surface area contributed by atoms with Crippen molar-refractivity contribution in [2.45, 2.75) is 39.5 Å². The summed E-state index contributed by atoms with van der Waals surface area (Å²) in [6.45, 7) is 7.36. The smallest absolute Gasteiger partial charge is 0.164 e. The standard InChI is InChI=1S/C16H23NO/c1-13-10-14(2)12-15(11-13)16(18)6-9-17-7-4-3-5-8-17/h10-12H,3-9H2,1-2H3. The van der Waals surface area contributed by atoms with E-state index in [-0.39, 0.29) is 5.78 Å². The van der Waals surface area contributed by atoms with Crippen molar-refractivity contribution >= 4 is 5.78 Å². The van der Waals surface area contributed by atoms with Gasteiger partial charge < -0.3 is 4.90 Å². The van der Waals surface area contributed by atoms with Crippen molar-refractivity contribution in [2.24, 2.45) is 0 Å². The highest BCUT2D eigenvalue weighted by molar-refractivity contribution is 5.96. The molecule has 0 amide bonds. The van der Waals surface area contributed by atoms with E-state index in [2.05, 4.69) is 24.8 Å². The Morgan fingerprint density at radius 2 is 1.67 bits per heavy atom. The average molecular weight is 245 g/mol. The largest absolute Gasteiger partial charge is 0.303 e. The maximum absolute atomic E-state index is 12.2. The minimum atomic E-state index is 0.285. The van der Waals surface area contributed by atoms with Gasteiger partial charge in [0.2, 0.25) is 0 Å². The van der Waals surface area contributed by atoms with Crippen LogP contribution in [0, 0.1) is 13.8 Å². The van der Waals surface area contributed by atoms with Gasteiger partial charge in [-0.15, -0.1) is 0 Å². The molecule has 1 aromatic carbocycles. The number of ketones is 1. The van der Waals surface area contributed by atoms with E-state index in [0.717, 1.165) is 12.1 Å². The summed E-state index contributed by atoms with van der Waals surface area (Å²) in [7, 11) is 0. The van der Waals surface area contributed by atoms with Crippen molar-refractivity contribution in [1.82, 2.24) is 4.90 Å². The third-order valence-electron chi connectivity index (χ3n) is 3.65. The number of benzene rings is 1. The summed E-state index contributed by atoms with van der Waals surface area (Å²) < 4.78 is 0. The second-order valence-corrected chi connectivity index (χ2v) is 5.45. The maximum Gasteiger partial charge on any atom is 0.164 e. The van der Waals surface area contributed by atoms with Crippen LogP contribution in [0.4, 0.5) is 0 Å². The van der Waals surface area contributed by atoms with Crippen LogP contribution in [0.15, 0.2) is 18.2 Å². The number of Topliss-reactive ketones (excluding diaryl/α,β-unsaturated/α-hetero) is 1. The normalized spacial score (nSPS) is 16.8. The van der Waals surface area contributed by atoms with E-state index in [0.29, 0.717) is 6.42 Å². The SMILES string of the molecule is Cc1cc(C)cc(C(=O)CCN2CCCCC2)c1. The molecule has 0 radical (unpaired) electrons. The lowest BCUT2D eigenvalue weighted by Crippen LogP contribution is -2.31. The van der Waals surface area contributed by atoms with Gasteiger partial charge in [-0.05, 0) is 51.9 Å². The molecule has 0 unspecified atom stereocenters. The molecular weight excluding hydrogens is 222 g/mol. The number of nitrogens with zero attached hydrogens (tertiary/aromatic N) is 1. The Hall–Kier alpha value is -1.15. The van der Waals surface area contributed by atoms with E-state index in [1.807, 2.05) is 12.1 Å². The Morgan fingerprint density at radius 1 is 1.06 bits per heavy atom. The fourth-order valence-corrected chi connectivity index (χ4v) is 2.72. The molecule has 2 heteroatoms. The number of piperidine rings is 1. The lowest BCUT2D eigenvalue weighted by Gasteiger charge is -2.25. The number of hydrogen-bond acceptors (Lipinski definition) is 2. The van der Waals surface area contributed by atoms with E-state index < -0.39 is 0 Å². The van der Waals surface area contributed by atoms with Gasteiger partial charge in [0.25, 0.3) is 0 Å². The molecule has 1 aromatic rings. The number of carbonyl (C=O) groups is 1. The Kier molecular flexibility index (Phi) is 4.54. The van der Waals surface area contributed by atoms with Crippen LogP contribution in [0.2, 0.25) is 0 Å². The number of likely N-dealkylation sites (tertiary alicyclic amines) is 1. The topological polar surface area (TPSA) is 20.3 Å². The molecule has 0 N–H and O–H groups in total. The van der Waals surface area contributed by atoms with Crippen molar-refractivity contribution in [3.8, 4) is 0 Å². The first kappa shape index (κ1) is 13.3. The molecular formula is C16H23NO. The summed E-state index contributed by atoms with van der Waals surface area (Å²) in [5.74, 6) is 0.285. The highest BCUT2D eigenvalue weighted by Gasteiger charge is 2.13. The van der Waals surface area contributed by atoms with E-state index in [4.69, 9.17) is 0 Å². The molecule has 1 saturated heterocycles. The third kappa shape index (κ3) is 3.67. The molecule has 0 aliphatic carbocycles. The first-order valence-electron chi connectivity index (χ1n) is 6.99. The first-order chi connectivity index (χ1) is 8.65. The molecule has 2 nitrogen and oxygen atoms in total. The molecule has 1 aliphatic heterocycles. The summed E-state index contributed by atoms with van der Waals surface area (Å²) in [6, 6.07) is 6.12. The Bertz CT molecular complexity index is 399. The van der Waals surface area contributed by atoms with Gasteiger partial charge in [0.15, 0.2) is 5.78 Å². The second kappa shape index (κ2) is 6.14. The zero-order valence-corrected chi connectivity index (χ0v) is 11.5. The van der Waals surface area contributed by atoms with Crippen LogP contribution in [0.1, 0.15) is 47.2 Å². The summed E-state index contributed by atoms with van der Waals surface area (Å²) >= 11 is 0. The molecule has 18 heavy (non-hydrogen) atoms. The molecule has 0 saturated carbocycles. The highest BCUT2D eigenvalue weighted by atomic mass is 16.1. The van der Waals surface area contributed by atoms with Crippen LogP contribution in [0.5, 0.6) is 0 Å². The van der Waals surface area contributed by atoms with Gasteiger partial charge in [-0.2, -0.15) is 0 Å². The molecule has 1 aliphatic rings. The van der Waals surface area contributed by atoms with Gasteiger partial charge in [-0.25, -0.2) is 0 Å². The number of aryl methyl sites for hydroxylation is 2. The number of rotatable bonds is 4. The predicted molar refractivity (Wildman–Crippen MR) is 75.2 cm³/mol. The van der Waals surface area contributed by atoms with Gasteiger partial charge in [0.05, 0.1) is 0 Å². The zero-order valence-electron chi connectivity index (χ0n) is 11.5. The summed E-state index contributed by atoms with van der Waals surface area (Å²) in [6.07, 6.45) is 4.58. The van der Waals surface area contributed by atoms with Crippen LogP contribution in [-0.4, -0.2) is 30.3 Å². The highest BCUT2D eigenvalue weighted by Crippen LogP contribution is 2.13. The van der Waals surface area contributed by atoms with Crippen molar-refractivity contribution < 1.29 is 4.79 Å². The number of hydrogen-bond donors (Lipinski definition) is 0. The van der Waals surface area contributed by atoms with Crippen LogP contribution in [0.3, 0.4) is 0 Å². The Labute approximate surface area is 110 Å². The lowest BCUT2D eigenvalue weighted by molar-refractivity contribution is 0.0958. The quantitative estimate of drug-likeness (QED) is 0.758. The monoisotopic (exact) mass is 245 g/mol. The van der Waals surface area contributed by atoms with Gasteiger partial charge in [0, 0.05) is 18.5 Å². The van der Waals surface area contributed by atoms with Crippen LogP contribution < -0.4 is 0 Å². The van der Waals surface area contributed by atoms with E-state index in [9.17, 15) is 4.79 Å². The molecule has 1 fully saturated rings. The Balaban J connectivity index is 1.90. The summed E-state index contributed by atoms with van der Waals surface area (Å²) in [4.78, 5) is 14.6. The zero-order chi connectivity index (χ0) is 13.0. The summed E-state index contributed by atoms with van der Waals surface area (Å²) in [5, 5.41) is 0. The fraction of sp³-hybridized carbons (Fsp3) is 0.562. The Morgan fingerprint density at radius 3 is 2.28 bits per heavy atom. The van der Waals surface area contributed by atoms with E-state index >= 15 is 0 Å². The van der Waals surface area contributed by atoms with Gasteiger partial charge in [0.1, 0.15) is 0 Å². The van der Waals surface area contributed by atoms with E-state index in [1.165, 1.54) is 43.5 Å². The number of carbonyl (C=O) groups excluding carboxylic acids is 1. The van der Waals surface area contributed by atoms with Crippen molar-refractivity contribution in [1.29, 1.82) is 0 Å². The van der Waals surface area contributed by atoms with Crippen LogP contribution >= 0.6 is 0 Å². The molecule has 98 valence electrons. The van der Waals surface area contributed by atoms with Crippen molar-refractivity contribution in [3.05, 3.63) is 34.9 Å². The van der Waals surface area contributed by atoms with Gasteiger partial charge in [-0.3, -0.25) is 4.79 Å². The molecule has 0 spiro atoms. The molecule has 1 heterocycles. The minimum Gasteiger partial charge on any atom is -0.303 e. The second-order valence-electron chi connectivity index (χ2n) is 5.45. The van der Waals surface area contributed by atoms with Crippen LogP contribution in [-0.2, 0) is 0 Å². The molecule has 0 bridgehead atoms. The van der Waals surface area contributed by atoms with Crippen LogP contribution in [0.25, 0.3) is 0 Å². The summed E-state index contributed by atoms with van der Waals surface area (Å²) in [5.41, 5.74) is 3.23. The van der Waals surface area contributed by atoms with E-state index in [1.54, 1.807) is 0 Å². The maximum atomic E-state index is 12.2. The average Bonchev–Trinajstić information content (AvgIpc) is 2.36. The molecule has 0 atom stereocenters. The third-order valence-corrected chi connectivity index (χ3v) is 3.65. The minimum absolute atomic E-state index is 0.285.